The summed E-state index contributed by atoms with van der Waals surface area (Å²) < 4.78 is -1.09. The van der Waals surface area contributed by atoms with Gasteiger partial charge in [-0.05, 0) is 18.8 Å². The normalized spacial score (nSPS) is 39.8. The third kappa shape index (κ3) is 1.82. The van der Waals surface area contributed by atoms with Gasteiger partial charge < -0.3 is 15.9 Å². The topological polar surface area (TPSA) is 101 Å². The number of nitrogens with two attached hydrogens (primary N) is 1. The van der Waals surface area contributed by atoms with Crippen LogP contribution in [0.15, 0.2) is 0 Å². The maximum atomic E-state index is 11.7. The number of aliphatic carboxylic acids is 2. The average Bonchev–Trinajstić information content (AvgIpc) is 2.52. The van der Waals surface area contributed by atoms with E-state index in [0.29, 0.717) is 19.3 Å². The van der Waals surface area contributed by atoms with E-state index < -0.39 is 33.4 Å². The number of rotatable bonds is 5. The SMILES string of the molecule is CCC[C@]1(C(=O)O)[C@@H](C)[C@@](CC)(C(=O)O)S[C@@H]1N. The van der Waals surface area contributed by atoms with Gasteiger partial charge in [0.1, 0.15) is 4.75 Å². The van der Waals surface area contributed by atoms with E-state index in [1.54, 1.807) is 13.8 Å². The number of carboxylic acid groups (broad SMARTS) is 2. The Morgan fingerprint density at radius 3 is 2.11 bits per heavy atom. The Bertz CT molecular complexity index is 362. The van der Waals surface area contributed by atoms with Crippen LogP contribution in [0.5, 0.6) is 0 Å². The predicted octanol–water partition coefficient (Wildman–Crippen LogP) is 1.76. The van der Waals surface area contributed by atoms with Crippen molar-refractivity contribution in [1.29, 1.82) is 0 Å². The highest BCUT2D eigenvalue weighted by Crippen LogP contribution is 2.59. The van der Waals surface area contributed by atoms with Gasteiger partial charge in [0.15, 0.2) is 0 Å². The molecule has 0 radical (unpaired) electrons. The van der Waals surface area contributed by atoms with Crippen molar-refractivity contribution in [2.24, 2.45) is 17.1 Å². The molecule has 104 valence electrons. The molecule has 5 nitrogen and oxygen atoms in total. The molecule has 0 spiro atoms. The Balaban J connectivity index is 3.31. The second-order valence-electron chi connectivity index (χ2n) is 4.90. The van der Waals surface area contributed by atoms with Gasteiger partial charge in [-0.25, -0.2) is 0 Å². The molecule has 1 aliphatic heterocycles. The van der Waals surface area contributed by atoms with Crippen molar-refractivity contribution in [3.05, 3.63) is 0 Å². The standard InChI is InChI=1S/C12H21NO4S/c1-4-6-11(9(14)15)7(3)12(5-2,10(16)17)18-8(11)13/h7-8H,4-6,13H2,1-3H3,(H,14,15)(H,16,17)/t7-,8+,11+,12+/m1/s1. The highest BCUT2D eigenvalue weighted by atomic mass is 32.2. The minimum absolute atomic E-state index is 0.376. The molecule has 18 heavy (non-hydrogen) atoms. The number of carbonyl (C=O) groups is 2. The van der Waals surface area contributed by atoms with E-state index in [-0.39, 0.29) is 0 Å². The number of hydrogen-bond donors (Lipinski definition) is 3. The number of thioether (sulfide) groups is 1. The van der Waals surface area contributed by atoms with Crippen molar-refractivity contribution in [2.45, 2.75) is 50.2 Å². The van der Waals surface area contributed by atoms with Crippen LogP contribution in [0.25, 0.3) is 0 Å². The second-order valence-corrected chi connectivity index (χ2v) is 6.38. The fraction of sp³-hybridized carbons (Fsp3) is 0.833. The smallest absolute Gasteiger partial charge is 0.320 e. The zero-order chi connectivity index (χ0) is 14.1. The largest absolute Gasteiger partial charge is 0.481 e. The van der Waals surface area contributed by atoms with E-state index in [1.807, 2.05) is 6.92 Å². The zero-order valence-electron chi connectivity index (χ0n) is 11.0. The molecule has 4 N–H and O–H groups in total. The maximum Gasteiger partial charge on any atom is 0.320 e. The van der Waals surface area contributed by atoms with Crippen LogP contribution in [-0.4, -0.2) is 32.3 Å². The van der Waals surface area contributed by atoms with E-state index >= 15 is 0 Å². The van der Waals surface area contributed by atoms with E-state index in [1.165, 1.54) is 0 Å². The van der Waals surface area contributed by atoms with Crippen molar-refractivity contribution in [3.63, 3.8) is 0 Å². The van der Waals surface area contributed by atoms with E-state index in [9.17, 15) is 19.8 Å². The molecule has 4 atom stereocenters. The van der Waals surface area contributed by atoms with Gasteiger partial charge in [-0.2, -0.15) is 0 Å². The quantitative estimate of drug-likeness (QED) is 0.707. The Labute approximate surface area is 111 Å². The number of hydrogen-bond acceptors (Lipinski definition) is 4. The molecule has 1 rings (SSSR count). The Hall–Kier alpha value is -0.750. The zero-order valence-corrected chi connectivity index (χ0v) is 11.8. The first-order valence-electron chi connectivity index (χ1n) is 6.19. The fourth-order valence-corrected chi connectivity index (χ4v) is 4.83. The lowest BCUT2D eigenvalue weighted by Crippen LogP contribution is -2.49. The lowest BCUT2D eigenvalue weighted by molar-refractivity contribution is -0.155. The van der Waals surface area contributed by atoms with Gasteiger partial charge in [0.05, 0.1) is 10.8 Å². The van der Waals surface area contributed by atoms with Gasteiger partial charge in [-0.3, -0.25) is 9.59 Å². The van der Waals surface area contributed by atoms with E-state index in [2.05, 4.69) is 0 Å². The van der Waals surface area contributed by atoms with Crippen LogP contribution in [0.4, 0.5) is 0 Å². The summed E-state index contributed by atoms with van der Waals surface area (Å²) in [7, 11) is 0. The summed E-state index contributed by atoms with van der Waals surface area (Å²) in [5.74, 6) is -2.43. The lowest BCUT2D eigenvalue weighted by atomic mass is 9.67. The van der Waals surface area contributed by atoms with Crippen LogP contribution in [0.2, 0.25) is 0 Å². The van der Waals surface area contributed by atoms with Crippen LogP contribution < -0.4 is 5.73 Å². The highest BCUT2D eigenvalue weighted by Gasteiger charge is 2.65. The first-order chi connectivity index (χ1) is 8.29. The summed E-state index contributed by atoms with van der Waals surface area (Å²) >= 11 is 1.10. The molecule has 1 aliphatic rings. The molecule has 0 aromatic heterocycles. The number of carboxylic acids is 2. The second kappa shape index (κ2) is 5.09. The Kier molecular flexibility index (Phi) is 4.33. The summed E-state index contributed by atoms with van der Waals surface area (Å²) in [5, 5.41) is 18.3. The van der Waals surface area contributed by atoms with Crippen LogP contribution in [-0.2, 0) is 9.59 Å². The van der Waals surface area contributed by atoms with Gasteiger partial charge in [-0.15, -0.1) is 11.8 Å². The van der Waals surface area contributed by atoms with Gasteiger partial charge in [0.25, 0.3) is 0 Å². The van der Waals surface area contributed by atoms with E-state index in [4.69, 9.17) is 5.73 Å². The van der Waals surface area contributed by atoms with Crippen molar-refractivity contribution < 1.29 is 19.8 Å². The maximum absolute atomic E-state index is 11.7. The monoisotopic (exact) mass is 275 g/mol. The minimum Gasteiger partial charge on any atom is -0.481 e. The predicted molar refractivity (Wildman–Crippen MR) is 70.4 cm³/mol. The lowest BCUT2D eigenvalue weighted by Gasteiger charge is -2.35. The molecular weight excluding hydrogens is 254 g/mol. The molecule has 0 amide bonds. The van der Waals surface area contributed by atoms with Gasteiger partial charge in [-0.1, -0.05) is 27.2 Å². The first kappa shape index (κ1) is 15.3. The molecule has 0 aliphatic carbocycles. The first-order valence-corrected chi connectivity index (χ1v) is 7.07. The van der Waals surface area contributed by atoms with E-state index in [0.717, 1.165) is 11.8 Å². The highest BCUT2D eigenvalue weighted by molar-refractivity contribution is 8.02. The van der Waals surface area contributed by atoms with Gasteiger partial charge in [0.2, 0.25) is 0 Å². The van der Waals surface area contributed by atoms with Crippen LogP contribution in [0, 0.1) is 11.3 Å². The van der Waals surface area contributed by atoms with Crippen LogP contribution in [0.1, 0.15) is 40.0 Å². The molecule has 0 aromatic carbocycles. The van der Waals surface area contributed by atoms with Gasteiger partial charge in [0, 0.05) is 0 Å². The average molecular weight is 275 g/mol. The van der Waals surface area contributed by atoms with Crippen molar-refractivity contribution in [3.8, 4) is 0 Å². The van der Waals surface area contributed by atoms with Crippen LogP contribution >= 0.6 is 11.8 Å². The third-order valence-electron chi connectivity index (χ3n) is 4.27. The molecule has 0 unspecified atom stereocenters. The molecule has 0 bridgehead atoms. The minimum atomic E-state index is -1.15. The summed E-state index contributed by atoms with van der Waals surface area (Å²) in [6, 6.07) is 0. The van der Waals surface area contributed by atoms with Crippen molar-refractivity contribution in [2.75, 3.05) is 0 Å². The van der Waals surface area contributed by atoms with Crippen molar-refractivity contribution in [1.82, 2.24) is 0 Å². The summed E-state index contributed by atoms with van der Waals surface area (Å²) in [5.41, 5.74) is 4.85. The van der Waals surface area contributed by atoms with Crippen LogP contribution in [0.3, 0.4) is 0 Å². The summed E-state index contributed by atoms with van der Waals surface area (Å²) in [6.45, 7) is 5.37. The fourth-order valence-electron chi connectivity index (χ4n) is 3.06. The van der Waals surface area contributed by atoms with Gasteiger partial charge >= 0.3 is 11.9 Å². The van der Waals surface area contributed by atoms with Crippen molar-refractivity contribution >= 4 is 23.7 Å². The molecule has 0 saturated carbocycles. The third-order valence-corrected chi connectivity index (χ3v) is 6.18. The summed E-state index contributed by atoms with van der Waals surface area (Å²) in [6.07, 6.45) is 1.46. The molecule has 1 saturated heterocycles. The molecular formula is C12H21NO4S. The molecule has 1 heterocycles. The molecule has 6 heteroatoms. The molecule has 1 fully saturated rings. The summed E-state index contributed by atoms with van der Waals surface area (Å²) in [4.78, 5) is 23.2. The Morgan fingerprint density at radius 1 is 1.28 bits per heavy atom. The molecule has 0 aromatic rings. The Morgan fingerprint density at radius 2 is 1.83 bits per heavy atom.